The Balaban J connectivity index is 0.900. The van der Waals surface area contributed by atoms with Crippen LogP contribution in [-0.4, -0.2) is 0 Å². The van der Waals surface area contributed by atoms with Gasteiger partial charge in [-0.15, -0.1) is 0 Å². The second-order valence-electron chi connectivity index (χ2n) is 14.0. The molecule has 0 amide bonds. The van der Waals surface area contributed by atoms with Crippen LogP contribution in [0, 0.1) is 5.92 Å². The Morgan fingerprint density at radius 2 is 0.709 bits per heavy atom. The van der Waals surface area contributed by atoms with Gasteiger partial charge in [-0.1, -0.05) is 171 Å². The largest absolute Gasteiger partial charge is 0.311 e. The minimum absolute atomic E-state index is 0.575. The van der Waals surface area contributed by atoms with Crippen LogP contribution >= 0.6 is 0 Å². The maximum Gasteiger partial charge on any atom is 0.0462 e. The van der Waals surface area contributed by atoms with Gasteiger partial charge in [0, 0.05) is 34.1 Å². The third-order valence-corrected chi connectivity index (χ3v) is 9.99. The Kier molecular flexibility index (Phi) is 10.8. The molecule has 0 spiro atoms. The zero-order valence-corrected chi connectivity index (χ0v) is 31.1. The number of hydrogen-bond donors (Lipinski definition) is 0. The van der Waals surface area contributed by atoms with Crippen LogP contribution in [0.5, 0.6) is 0 Å². The summed E-state index contributed by atoms with van der Waals surface area (Å²) in [6.45, 7) is 2.26. The van der Waals surface area contributed by atoms with Crippen molar-refractivity contribution in [2.24, 2.45) is 5.92 Å². The van der Waals surface area contributed by atoms with Gasteiger partial charge in [0.15, 0.2) is 0 Å². The highest BCUT2D eigenvalue weighted by Crippen LogP contribution is 2.35. The van der Waals surface area contributed by atoms with E-state index in [0.717, 1.165) is 34.7 Å². The first-order valence-electron chi connectivity index (χ1n) is 19.1. The molecule has 1 aliphatic carbocycles. The van der Waals surface area contributed by atoms with Crippen LogP contribution in [0.25, 0.3) is 35.4 Å². The van der Waals surface area contributed by atoms with E-state index in [4.69, 9.17) is 0 Å². The predicted molar refractivity (Wildman–Crippen MR) is 237 cm³/mol. The summed E-state index contributed by atoms with van der Waals surface area (Å²) in [6, 6.07) is 66.7. The number of rotatable bonds is 11. The molecule has 0 saturated heterocycles. The van der Waals surface area contributed by atoms with Crippen LogP contribution in [-0.2, 0) is 0 Å². The lowest BCUT2D eigenvalue weighted by atomic mass is 10.0. The van der Waals surface area contributed by atoms with E-state index in [0.29, 0.717) is 5.92 Å². The molecule has 0 aromatic heterocycles. The monoisotopic (exact) mass is 708 g/mol. The minimum atomic E-state index is 0.575. The second-order valence-corrected chi connectivity index (χ2v) is 14.0. The first-order chi connectivity index (χ1) is 27.2. The van der Waals surface area contributed by atoms with Crippen LogP contribution in [0.4, 0.5) is 28.4 Å². The summed E-state index contributed by atoms with van der Waals surface area (Å²) in [7, 11) is 0. The third-order valence-electron chi connectivity index (χ3n) is 9.99. The lowest BCUT2D eigenvalue weighted by Gasteiger charge is -2.28. The molecule has 0 saturated carbocycles. The van der Waals surface area contributed by atoms with Crippen LogP contribution in [0.15, 0.2) is 212 Å². The van der Waals surface area contributed by atoms with Crippen molar-refractivity contribution in [2.75, 3.05) is 9.80 Å². The van der Waals surface area contributed by atoms with Crippen LogP contribution in [0.3, 0.4) is 0 Å². The van der Waals surface area contributed by atoms with E-state index in [2.05, 4.69) is 247 Å². The van der Waals surface area contributed by atoms with Gasteiger partial charge in [0.05, 0.1) is 0 Å². The molecule has 1 aliphatic rings. The molecule has 1 unspecified atom stereocenters. The summed E-state index contributed by atoms with van der Waals surface area (Å²) in [6.07, 6.45) is 16.7. The quantitative estimate of drug-likeness (QED) is 0.123. The van der Waals surface area contributed by atoms with Crippen LogP contribution < -0.4 is 9.80 Å². The molecule has 8 rings (SSSR count). The molecule has 7 aromatic carbocycles. The molecule has 55 heavy (non-hydrogen) atoms. The van der Waals surface area contributed by atoms with Gasteiger partial charge in [-0.25, -0.2) is 0 Å². The van der Waals surface area contributed by atoms with Gasteiger partial charge < -0.3 is 9.80 Å². The van der Waals surface area contributed by atoms with Crippen molar-refractivity contribution in [1.82, 2.24) is 0 Å². The normalized spacial score (nSPS) is 13.9. The topological polar surface area (TPSA) is 6.48 Å². The molecule has 2 nitrogen and oxygen atoms in total. The van der Waals surface area contributed by atoms with Gasteiger partial charge >= 0.3 is 0 Å². The highest BCUT2D eigenvalue weighted by atomic mass is 15.1. The number of para-hydroxylation sites is 3. The van der Waals surface area contributed by atoms with Crippen molar-refractivity contribution in [3.8, 4) is 11.1 Å². The molecule has 1 atom stereocenters. The molecule has 0 heterocycles. The van der Waals surface area contributed by atoms with Gasteiger partial charge in [-0.3, -0.25) is 0 Å². The number of nitrogens with zero attached hydrogens (tertiary/aromatic N) is 2. The average Bonchev–Trinajstić information content (AvgIpc) is 3.25. The number of benzene rings is 7. The third kappa shape index (κ3) is 8.67. The highest BCUT2D eigenvalue weighted by molar-refractivity contribution is 5.79. The molecule has 0 radical (unpaired) electrons. The Morgan fingerprint density at radius 3 is 1.07 bits per heavy atom. The van der Waals surface area contributed by atoms with Gasteiger partial charge in [-0.2, -0.15) is 0 Å². The van der Waals surface area contributed by atoms with Crippen molar-refractivity contribution in [3.05, 3.63) is 234 Å². The predicted octanol–water partition coefficient (Wildman–Crippen LogP) is 14.8. The van der Waals surface area contributed by atoms with E-state index < -0.39 is 0 Å². The van der Waals surface area contributed by atoms with E-state index >= 15 is 0 Å². The second kappa shape index (κ2) is 16.8. The zero-order valence-electron chi connectivity index (χ0n) is 31.1. The number of hydrogen-bond acceptors (Lipinski definition) is 2. The van der Waals surface area contributed by atoms with Gasteiger partial charge in [0.2, 0.25) is 0 Å². The van der Waals surface area contributed by atoms with Gasteiger partial charge in [-0.05, 0) is 112 Å². The summed E-state index contributed by atoms with van der Waals surface area (Å²) < 4.78 is 0. The molecule has 0 bridgehead atoms. The zero-order chi connectivity index (χ0) is 37.2. The Morgan fingerprint density at radius 1 is 0.382 bits per heavy atom. The minimum Gasteiger partial charge on any atom is -0.311 e. The smallest absolute Gasteiger partial charge is 0.0462 e. The maximum atomic E-state index is 2.34. The Labute approximate surface area is 326 Å². The van der Waals surface area contributed by atoms with Crippen molar-refractivity contribution >= 4 is 52.7 Å². The van der Waals surface area contributed by atoms with Crippen molar-refractivity contribution in [3.63, 3.8) is 0 Å². The Hall–Kier alpha value is -6.90. The standard InChI is InChI=1S/C53H44N2/c1-41-17-35-51(36-18-41)55(50-15-9-4-10-16-50)53-39-29-45(30-40-53)22-20-43-25-33-47(34-26-43)46-31-23-42(24-32-46)19-21-44-27-37-52(38-28-44)54(48-11-5-2-6-12-48)49-13-7-3-8-14-49/h2-17,19-41H,18H2,1H3/b21-19+,22-20+. The number of allylic oxidation sites excluding steroid dienone is 3. The molecule has 266 valence electrons. The summed E-state index contributed by atoms with van der Waals surface area (Å²) >= 11 is 0. The van der Waals surface area contributed by atoms with E-state index in [9.17, 15) is 0 Å². The first-order valence-corrected chi connectivity index (χ1v) is 19.1. The van der Waals surface area contributed by atoms with E-state index in [1.807, 2.05) is 0 Å². The fourth-order valence-corrected chi connectivity index (χ4v) is 6.93. The molecular formula is C53H44N2. The van der Waals surface area contributed by atoms with Crippen molar-refractivity contribution in [2.45, 2.75) is 13.3 Å². The van der Waals surface area contributed by atoms with E-state index in [1.165, 1.54) is 39.2 Å². The molecule has 2 heteroatoms. The lowest BCUT2D eigenvalue weighted by Crippen LogP contribution is -2.17. The van der Waals surface area contributed by atoms with Crippen LogP contribution in [0.1, 0.15) is 35.6 Å². The van der Waals surface area contributed by atoms with Crippen molar-refractivity contribution in [1.29, 1.82) is 0 Å². The highest BCUT2D eigenvalue weighted by Gasteiger charge is 2.15. The fourth-order valence-electron chi connectivity index (χ4n) is 6.93. The fraction of sp³-hybridized carbons (Fsp3) is 0.0566. The van der Waals surface area contributed by atoms with Gasteiger partial charge in [0.1, 0.15) is 0 Å². The van der Waals surface area contributed by atoms with Crippen LogP contribution in [0.2, 0.25) is 0 Å². The molecule has 0 N–H and O–H groups in total. The number of anilines is 5. The van der Waals surface area contributed by atoms with Crippen molar-refractivity contribution < 1.29 is 0 Å². The molecule has 7 aromatic rings. The Bertz CT molecular complexity index is 2370. The first kappa shape index (κ1) is 35.1. The molecule has 0 aliphatic heterocycles. The summed E-state index contributed by atoms with van der Waals surface area (Å²) in [5.74, 6) is 0.575. The summed E-state index contributed by atoms with van der Waals surface area (Å²) in [5, 5.41) is 0. The van der Waals surface area contributed by atoms with E-state index in [-0.39, 0.29) is 0 Å². The van der Waals surface area contributed by atoms with Gasteiger partial charge in [0.25, 0.3) is 0 Å². The average molecular weight is 709 g/mol. The summed E-state index contributed by atoms with van der Waals surface area (Å²) in [4.78, 5) is 4.62. The molecular weight excluding hydrogens is 665 g/mol. The summed E-state index contributed by atoms with van der Waals surface area (Å²) in [5.41, 5.74) is 14.0. The van der Waals surface area contributed by atoms with E-state index in [1.54, 1.807) is 0 Å². The maximum absolute atomic E-state index is 2.34. The SMILES string of the molecule is CC1C=CC(N(c2ccccc2)c2ccc(/C=C/c3ccc(-c4ccc(/C=C/c5ccc(N(c6ccccc6)c6ccccc6)cc5)cc4)cc3)cc2)=CC1. The molecule has 0 fully saturated rings. The lowest BCUT2D eigenvalue weighted by molar-refractivity contribution is 0.728.